The number of hydrogen-bond donors (Lipinski definition) is 1. The van der Waals surface area contributed by atoms with Crippen molar-refractivity contribution in [1.82, 2.24) is 10.3 Å². The molecule has 6 nitrogen and oxygen atoms in total. The predicted molar refractivity (Wildman–Crippen MR) is 119 cm³/mol. The van der Waals surface area contributed by atoms with Crippen molar-refractivity contribution in [3.8, 4) is 17.2 Å². The van der Waals surface area contributed by atoms with Crippen molar-refractivity contribution in [1.29, 1.82) is 0 Å². The molecule has 0 atom stereocenters. The Hall–Kier alpha value is -2.21. The van der Waals surface area contributed by atoms with E-state index in [1.54, 1.807) is 21.3 Å². The number of aromatic nitrogens is 1. The first-order valence-electron chi connectivity index (χ1n) is 10.6. The maximum atomic E-state index is 5.69. The second kappa shape index (κ2) is 10.0. The van der Waals surface area contributed by atoms with Gasteiger partial charge in [0.15, 0.2) is 11.5 Å². The van der Waals surface area contributed by atoms with Crippen molar-refractivity contribution in [3.63, 3.8) is 0 Å². The highest BCUT2D eigenvalue weighted by atomic mass is 16.5. The van der Waals surface area contributed by atoms with Gasteiger partial charge < -0.3 is 24.4 Å². The third-order valence-electron chi connectivity index (χ3n) is 5.79. The lowest BCUT2D eigenvalue weighted by Crippen LogP contribution is -2.30. The van der Waals surface area contributed by atoms with E-state index in [9.17, 15) is 0 Å². The van der Waals surface area contributed by atoms with Crippen molar-refractivity contribution in [2.45, 2.75) is 57.5 Å². The number of nitrogens with zero attached hydrogens (tertiary/aromatic N) is 2. The molecule has 29 heavy (non-hydrogen) atoms. The van der Waals surface area contributed by atoms with Crippen LogP contribution in [-0.2, 0) is 6.54 Å². The zero-order valence-corrected chi connectivity index (χ0v) is 18.5. The van der Waals surface area contributed by atoms with Gasteiger partial charge in [-0.05, 0) is 18.9 Å². The third kappa shape index (κ3) is 4.86. The summed E-state index contributed by atoms with van der Waals surface area (Å²) < 4.78 is 16.7. The first kappa shape index (κ1) is 21.5. The topological polar surface area (TPSA) is 55.9 Å². The molecule has 1 heterocycles. The molecule has 1 aliphatic rings. The average molecular weight is 402 g/mol. The summed E-state index contributed by atoms with van der Waals surface area (Å²) in [6, 6.07) is 4.66. The Morgan fingerprint density at radius 3 is 2.17 bits per heavy atom. The van der Waals surface area contributed by atoms with Gasteiger partial charge in [0.05, 0.1) is 26.8 Å². The smallest absolute Gasteiger partial charge is 0.204 e. The van der Waals surface area contributed by atoms with Crippen molar-refractivity contribution in [2.24, 2.45) is 0 Å². The second-order valence-electron chi connectivity index (χ2n) is 8.00. The molecule has 1 aromatic heterocycles. The third-order valence-corrected chi connectivity index (χ3v) is 5.79. The molecule has 1 aromatic carbocycles. The van der Waals surface area contributed by atoms with E-state index >= 15 is 0 Å². The van der Waals surface area contributed by atoms with Gasteiger partial charge in [0.2, 0.25) is 5.75 Å². The fourth-order valence-corrected chi connectivity index (χ4v) is 4.25. The van der Waals surface area contributed by atoms with Crippen LogP contribution in [0.3, 0.4) is 0 Å². The van der Waals surface area contributed by atoms with Crippen molar-refractivity contribution < 1.29 is 14.2 Å². The molecule has 0 unspecified atom stereocenters. The van der Waals surface area contributed by atoms with E-state index in [0.717, 1.165) is 28.8 Å². The number of pyridine rings is 1. The molecule has 160 valence electrons. The Morgan fingerprint density at radius 2 is 1.59 bits per heavy atom. The molecule has 0 aliphatic heterocycles. The first-order chi connectivity index (χ1) is 14.1. The Morgan fingerprint density at radius 1 is 0.931 bits per heavy atom. The molecule has 0 bridgehead atoms. The zero-order chi connectivity index (χ0) is 20.8. The predicted octanol–water partition coefficient (Wildman–Crippen LogP) is 4.53. The van der Waals surface area contributed by atoms with Crippen LogP contribution in [-0.4, -0.2) is 46.5 Å². The Kier molecular flexibility index (Phi) is 7.42. The zero-order valence-electron chi connectivity index (χ0n) is 18.5. The largest absolute Gasteiger partial charge is 0.493 e. The molecule has 3 rings (SSSR count). The molecule has 0 spiro atoms. The van der Waals surface area contributed by atoms with E-state index in [4.69, 9.17) is 19.2 Å². The first-order valence-corrected chi connectivity index (χ1v) is 10.6. The highest BCUT2D eigenvalue weighted by Gasteiger charge is 2.20. The van der Waals surface area contributed by atoms with E-state index < -0.39 is 0 Å². The minimum atomic E-state index is 0.577. The summed E-state index contributed by atoms with van der Waals surface area (Å²) in [7, 11) is 8.98. The van der Waals surface area contributed by atoms with E-state index in [1.807, 2.05) is 20.2 Å². The fourth-order valence-electron chi connectivity index (χ4n) is 4.25. The number of methoxy groups -OCH3 is 3. The summed E-state index contributed by atoms with van der Waals surface area (Å²) in [6.07, 6.45) is 9.25. The van der Waals surface area contributed by atoms with E-state index in [1.165, 1.54) is 44.9 Å². The normalized spacial score (nSPS) is 15.6. The maximum Gasteiger partial charge on any atom is 0.204 e. The second-order valence-corrected chi connectivity index (χ2v) is 8.00. The molecule has 1 N–H and O–H groups in total. The molecule has 0 radical (unpaired) electrons. The summed E-state index contributed by atoms with van der Waals surface area (Å²) >= 11 is 0. The van der Waals surface area contributed by atoms with Crippen LogP contribution in [0.1, 0.15) is 50.5 Å². The number of anilines is 1. The summed E-state index contributed by atoms with van der Waals surface area (Å²) in [6.45, 7) is 0.790. The van der Waals surface area contributed by atoms with E-state index in [-0.39, 0.29) is 0 Å². The minimum absolute atomic E-state index is 0.577. The molecule has 2 aromatic rings. The highest BCUT2D eigenvalue weighted by molar-refractivity contribution is 5.92. The van der Waals surface area contributed by atoms with Crippen LogP contribution >= 0.6 is 0 Å². The van der Waals surface area contributed by atoms with Gasteiger partial charge in [-0.2, -0.15) is 0 Å². The number of ether oxygens (including phenoxy) is 3. The van der Waals surface area contributed by atoms with Crippen molar-refractivity contribution in [3.05, 3.63) is 17.7 Å². The van der Waals surface area contributed by atoms with Crippen LogP contribution in [0.2, 0.25) is 0 Å². The van der Waals surface area contributed by atoms with E-state index in [0.29, 0.717) is 23.3 Å². The number of hydrogen-bond acceptors (Lipinski definition) is 6. The van der Waals surface area contributed by atoms with Gasteiger partial charge in [-0.1, -0.05) is 32.1 Å². The summed E-state index contributed by atoms with van der Waals surface area (Å²) in [5.74, 6) is 2.84. The fraction of sp³-hybridized carbons (Fsp3) is 0.609. The van der Waals surface area contributed by atoms with Gasteiger partial charge in [0, 0.05) is 43.7 Å². The molecule has 1 aliphatic carbocycles. The molecular weight excluding hydrogens is 366 g/mol. The maximum absolute atomic E-state index is 5.69. The Bertz CT molecular complexity index is 815. The minimum Gasteiger partial charge on any atom is -0.493 e. The molecule has 1 fully saturated rings. The summed E-state index contributed by atoms with van der Waals surface area (Å²) in [5.41, 5.74) is 1.99. The van der Waals surface area contributed by atoms with Crippen molar-refractivity contribution in [2.75, 3.05) is 40.3 Å². The Balaban J connectivity index is 1.97. The van der Waals surface area contributed by atoms with Crippen molar-refractivity contribution >= 4 is 16.7 Å². The van der Waals surface area contributed by atoms with Gasteiger partial charge in [-0.25, -0.2) is 4.98 Å². The monoisotopic (exact) mass is 401 g/mol. The number of benzene rings is 1. The van der Waals surface area contributed by atoms with Gasteiger partial charge in [0.25, 0.3) is 0 Å². The highest BCUT2D eigenvalue weighted by Crippen LogP contribution is 2.43. The quantitative estimate of drug-likeness (QED) is 0.736. The average Bonchev–Trinajstić information content (AvgIpc) is 2.70. The van der Waals surface area contributed by atoms with Crippen LogP contribution < -0.4 is 24.4 Å². The van der Waals surface area contributed by atoms with E-state index in [2.05, 4.69) is 16.3 Å². The summed E-state index contributed by atoms with van der Waals surface area (Å²) in [4.78, 5) is 7.00. The summed E-state index contributed by atoms with van der Waals surface area (Å²) in [5, 5.41) is 4.73. The lowest BCUT2D eigenvalue weighted by atomic mass is 9.96. The SMILES string of the molecule is COc1cc2nc(N(C)C)c(CNC3CCCCCCC3)cc2c(OC)c1OC. The number of fused-ring (bicyclic) bond motifs is 1. The molecule has 0 amide bonds. The van der Waals surface area contributed by atoms with Gasteiger partial charge in [-0.15, -0.1) is 0 Å². The van der Waals surface area contributed by atoms with Crippen LogP contribution in [0, 0.1) is 0 Å². The van der Waals surface area contributed by atoms with Crippen LogP contribution in [0.5, 0.6) is 17.2 Å². The van der Waals surface area contributed by atoms with Crippen LogP contribution in [0.15, 0.2) is 12.1 Å². The molecule has 6 heteroatoms. The number of rotatable bonds is 7. The van der Waals surface area contributed by atoms with Crippen LogP contribution in [0.25, 0.3) is 10.9 Å². The van der Waals surface area contributed by atoms with Gasteiger partial charge >= 0.3 is 0 Å². The molecule has 0 saturated heterocycles. The van der Waals surface area contributed by atoms with Gasteiger partial charge in [0.1, 0.15) is 5.82 Å². The lowest BCUT2D eigenvalue weighted by molar-refractivity contribution is 0.327. The Labute approximate surface area is 174 Å². The lowest BCUT2D eigenvalue weighted by Gasteiger charge is -2.24. The van der Waals surface area contributed by atoms with Crippen LogP contribution in [0.4, 0.5) is 5.82 Å². The van der Waals surface area contributed by atoms with Gasteiger partial charge in [-0.3, -0.25) is 0 Å². The molecule has 1 saturated carbocycles. The standard InChI is InChI=1S/C23H35N3O3/c1-26(2)23-16(15-24-17-11-9-7-6-8-10-12-17)13-18-19(25-23)14-20(27-3)22(29-5)21(18)28-4/h13-14,17,24H,6-12,15H2,1-5H3. The number of nitrogens with one attached hydrogen (secondary N) is 1. The molecular formula is C23H35N3O3.